The van der Waals surface area contributed by atoms with E-state index in [0.717, 1.165) is 0 Å². The van der Waals surface area contributed by atoms with Crippen molar-refractivity contribution in [2.45, 2.75) is 52.2 Å². The predicted molar refractivity (Wildman–Crippen MR) is 70.2 cm³/mol. The number of aliphatic hydroxyl groups excluding tert-OH is 2. The molecule has 7 heteroatoms. The van der Waals surface area contributed by atoms with E-state index in [1.165, 1.54) is 4.57 Å². The molecule has 0 aliphatic heterocycles. The Morgan fingerprint density at radius 1 is 1.32 bits per heavy atom. The second-order valence-electron chi connectivity index (χ2n) is 5.19. The van der Waals surface area contributed by atoms with Crippen LogP contribution in [0.2, 0.25) is 0 Å². The topological polar surface area (TPSA) is 101 Å². The van der Waals surface area contributed by atoms with Gasteiger partial charge < -0.3 is 20.3 Å². The van der Waals surface area contributed by atoms with Gasteiger partial charge in [0.05, 0.1) is 6.61 Å². The first-order valence-electron chi connectivity index (χ1n) is 6.33. The summed E-state index contributed by atoms with van der Waals surface area (Å²) in [5.74, 6) is 0.386. The van der Waals surface area contributed by atoms with E-state index in [1.807, 2.05) is 27.7 Å². The standard InChI is InChI=1S/C12H21N3O4/c1-7(2)10-12(15(18)19)14(5-9(17)6-16)11(13-10)8(3)4/h7-9,16-17H,5-6H2,1-4H3. The monoisotopic (exact) mass is 271 g/mol. The van der Waals surface area contributed by atoms with Crippen LogP contribution in [0.15, 0.2) is 0 Å². The van der Waals surface area contributed by atoms with Crippen molar-refractivity contribution >= 4 is 5.82 Å². The lowest BCUT2D eigenvalue weighted by Crippen LogP contribution is -2.22. The number of nitrogens with zero attached hydrogens (tertiary/aromatic N) is 3. The Morgan fingerprint density at radius 3 is 2.26 bits per heavy atom. The van der Waals surface area contributed by atoms with Crippen LogP contribution in [-0.2, 0) is 6.54 Å². The van der Waals surface area contributed by atoms with Crippen molar-refractivity contribution in [1.29, 1.82) is 0 Å². The Morgan fingerprint density at radius 2 is 1.89 bits per heavy atom. The summed E-state index contributed by atoms with van der Waals surface area (Å²) in [5, 5.41) is 29.7. The van der Waals surface area contributed by atoms with Crippen molar-refractivity contribution in [2.75, 3.05) is 6.61 Å². The predicted octanol–water partition coefficient (Wildman–Crippen LogP) is 1.39. The van der Waals surface area contributed by atoms with Crippen LogP contribution in [0, 0.1) is 10.1 Å². The third kappa shape index (κ3) is 3.30. The van der Waals surface area contributed by atoms with Crippen molar-refractivity contribution in [1.82, 2.24) is 9.55 Å². The van der Waals surface area contributed by atoms with Gasteiger partial charge in [-0.25, -0.2) is 9.55 Å². The third-order valence-corrected chi connectivity index (χ3v) is 2.84. The van der Waals surface area contributed by atoms with Gasteiger partial charge in [0.1, 0.15) is 18.3 Å². The first-order chi connectivity index (χ1) is 8.79. The molecule has 1 unspecified atom stereocenters. The smallest absolute Gasteiger partial charge is 0.346 e. The Labute approximate surface area is 112 Å². The highest BCUT2D eigenvalue weighted by atomic mass is 16.6. The zero-order valence-corrected chi connectivity index (χ0v) is 11.7. The molecule has 2 N–H and O–H groups in total. The summed E-state index contributed by atoms with van der Waals surface area (Å²) < 4.78 is 1.40. The van der Waals surface area contributed by atoms with Gasteiger partial charge in [-0.1, -0.05) is 27.7 Å². The van der Waals surface area contributed by atoms with Crippen LogP contribution in [-0.4, -0.2) is 37.4 Å². The van der Waals surface area contributed by atoms with Crippen molar-refractivity contribution in [2.24, 2.45) is 0 Å². The molecule has 0 saturated heterocycles. The maximum atomic E-state index is 11.3. The van der Waals surface area contributed by atoms with Gasteiger partial charge in [0.2, 0.25) is 0 Å². The summed E-state index contributed by atoms with van der Waals surface area (Å²) >= 11 is 0. The number of imidazole rings is 1. The van der Waals surface area contributed by atoms with Crippen LogP contribution in [0.3, 0.4) is 0 Å². The normalized spacial score (nSPS) is 13.3. The lowest BCUT2D eigenvalue weighted by atomic mass is 10.1. The molecule has 7 nitrogen and oxygen atoms in total. The van der Waals surface area contributed by atoms with Gasteiger partial charge in [-0.3, -0.25) is 0 Å². The first-order valence-corrected chi connectivity index (χ1v) is 6.33. The molecular formula is C12H21N3O4. The van der Waals surface area contributed by atoms with Crippen molar-refractivity contribution in [3.05, 3.63) is 21.6 Å². The number of aliphatic hydroxyl groups is 2. The number of hydrogen-bond acceptors (Lipinski definition) is 5. The fraction of sp³-hybridized carbons (Fsp3) is 0.750. The summed E-state index contributed by atoms with van der Waals surface area (Å²) in [5.41, 5.74) is 0.416. The molecular weight excluding hydrogens is 250 g/mol. The molecule has 0 saturated carbocycles. The molecule has 108 valence electrons. The van der Waals surface area contributed by atoms with Gasteiger partial charge in [0, 0.05) is 11.8 Å². The molecule has 1 rings (SSSR count). The third-order valence-electron chi connectivity index (χ3n) is 2.84. The van der Waals surface area contributed by atoms with Gasteiger partial charge >= 0.3 is 5.82 Å². The van der Waals surface area contributed by atoms with Gasteiger partial charge in [0.15, 0.2) is 5.82 Å². The zero-order valence-electron chi connectivity index (χ0n) is 11.7. The van der Waals surface area contributed by atoms with E-state index >= 15 is 0 Å². The summed E-state index contributed by atoms with van der Waals surface area (Å²) in [6, 6.07) is 0. The fourth-order valence-electron chi connectivity index (χ4n) is 1.95. The molecule has 19 heavy (non-hydrogen) atoms. The molecule has 1 atom stereocenters. The molecule has 1 aromatic rings. The van der Waals surface area contributed by atoms with Gasteiger partial charge in [-0.05, 0) is 4.92 Å². The quantitative estimate of drug-likeness (QED) is 0.601. The second kappa shape index (κ2) is 6.12. The SMILES string of the molecule is CC(C)c1nc(C(C)C)n(CC(O)CO)c1[N+](=O)[O-]. The minimum absolute atomic E-state index is 0.00269. The molecule has 0 aromatic carbocycles. The number of rotatable bonds is 6. The Hall–Kier alpha value is -1.47. The molecule has 0 fully saturated rings. The number of aromatic nitrogens is 2. The van der Waals surface area contributed by atoms with E-state index in [1.54, 1.807) is 0 Å². The lowest BCUT2D eigenvalue weighted by Gasteiger charge is -2.10. The molecule has 1 aromatic heterocycles. The van der Waals surface area contributed by atoms with E-state index in [2.05, 4.69) is 4.98 Å². The maximum absolute atomic E-state index is 11.3. The van der Waals surface area contributed by atoms with Crippen molar-refractivity contribution < 1.29 is 15.1 Å². The average molecular weight is 271 g/mol. The van der Waals surface area contributed by atoms with Gasteiger partial charge in [-0.2, -0.15) is 0 Å². The summed E-state index contributed by atoms with van der Waals surface area (Å²) in [4.78, 5) is 15.1. The molecule has 0 spiro atoms. The van der Waals surface area contributed by atoms with Crippen LogP contribution < -0.4 is 0 Å². The molecule has 1 heterocycles. The Balaban J connectivity index is 3.40. The van der Waals surface area contributed by atoms with E-state index in [4.69, 9.17) is 5.11 Å². The van der Waals surface area contributed by atoms with Crippen molar-refractivity contribution in [3.8, 4) is 0 Å². The number of nitro groups is 1. The molecule has 0 radical (unpaired) electrons. The second-order valence-corrected chi connectivity index (χ2v) is 5.19. The fourth-order valence-corrected chi connectivity index (χ4v) is 1.95. The van der Waals surface area contributed by atoms with Crippen LogP contribution in [0.25, 0.3) is 0 Å². The van der Waals surface area contributed by atoms with Gasteiger partial charge in [0.25, 0.3) is 0 Å². The summed E-state index contributed by atoms with van der Waals surface area (Å²) in [6.45, 7) is 6.98. The first kappa shape index (κ1) is 15.6. The minimum Gasteiger partial charge on any atom is -0.394 e. The average Bonchev–Trinajstić information content (AvgIpc) is 2.68. The zero-order chi connectivity index (χ0) is 14.7. The molecule has 0 aliphatic carbocycles. The number of hydrogen-bond donors (Lipinski definition) is 2. The van der Waals surface area contributed by atoms with Crippen LogP contribution in [0.4, 0.5) is 5.82 Å². The Bertz CT molecular complexity index is 454. The maximum Gasteiger partial charge on any atom is 0.346 e. The van der Waals surface area contributed by atoms with E-state index in [-0.39, 0.29) is 24.2 Å². The largest absolute Gasteiger partial charge is 0.394 e. The minimum atomic E-state index is -1.04. The van der Waals surface area contributed by atoms with E-state index in [9.17, 15) is 15.2 Å². The highest BCUT2D eigenvalue weighted by Crippen LogP contribution is 2.30. The van der Waals surface area contributed by atoms with E-state index < -0.39 is 17.6 Å². The summed E-state index contributed by atoms with van der Waals surface area (Å²) in [7, 11) is 0. The van der Waals surface area contributed by atoms with E-state index in [0.29, 0.717) is 11.5 Å². The van der Waals surface area contributed by atoms with Crippen LogP contribution >= 0.6 is 0 Å². The van der Waals surface area contributed by atoms with Gasteiger partial charge in [-0.15, -0.1) is 0 Å². The van der Waals surface area contributed by atoms with Crippen LogP contribution in [0.5, 0.6) is 0 Å². The molecule has 0 aliphatic rings. The highest BCUT2D eigenvalue weighted by Gasteiger charge is 2.31. The van der Waals surface area contributed by atoms with Crippen LogP contribution in [0.1, 0.15) is 51.0 Å². The molecule has 0 bridgehead atoms. The Kier molecular flexibility index (Phi) is 5.02. The van der Waals surface area contributed by atoms with Crippen molar-refractivity contribution in [3.63, 3.8) is 0 Å². The molecule has 0 amide bonds. The highest BCUT2D eigenvalue weighted by molar-refractivity contribution is 5.34. The lowest BCUT2D eigenvalue weighted by molar-refractivity contribution is -0.393. The summed E-state index contributed by atoms with van der Waals surface area (Å²) in [6.07, 6.45) is -1.04.